The molecule has 0 atom stereocenters. The first-order valence-electron chi connectivity index (χ1n) is 9.10. The number of hydrogen-bond acceptors (Lipinski definition) is 6. The summed E-state index contributed by atoms with van der Waals surface area (Å²) in [7, 11) is 1.54. The van der Waals surface area contributed by atoms with Gasteiger partial charge in [-0.15, -0.1) is 0 Å². The zero-order valence-electron chi connectivity index (χ0n) is 16.5. The number of thiocarbonyl (C=S) groups is 1. The van der Waals surface area contributed by atoms with Crippen LogP contribution >= 0.6 is 51.5 Å². The van der Waals surface area contributed by atoms with Crippen molar-refractivity contribution in [2.24, 2.45) is 0 Å². The van der Waals surface area contributed by atoms with Crippen LogP contribution in [0.15, 0.2) is 39.7 Å². The first kappa shape index (κ1) is 22.9. The molecule has 0 aromatic heterocycles. The fourth-order valence-corrected chi connectivity index (χ4v) is 4.98. The van der Waals surface area contributed by atoms with Gasteiger partial charge in [-0.1, -0.05) is 35.6 Å². The number of halogens is 2. The van der Waals surface area contributed by atoms with Crippen molar-refractivity contribution in [3.63, 3.8) is 0 Å². The molecule has 1 fully saturated rings. The van der Waals surface area contributed by atoms with Gasteiger partial charge < -0.3 is 14.2 Å². The molecule has 0 aliphatic carbocycles. The van der Waals surface area contributed by atoms with E-state index in [1.54, 1.807) is 24.3 Å². The Morgan fingerprint density at radius 3 is 2.53 bits per heavy atom. The first-order valence-corrected chi connectivity index (χ1v) is 11.5. The minimum absolute atomic E-state index is 0.214. The van der Waals surface area contributed by atoms with Crippen LogP contribution < -0.4 is 19.1 Å². The topological polar surface area (TPSA) is 48.0 Å². The van der Waals surface area contributed by atoms with E-state index in [4.69, 9.17) is 38.0 Å². The summed E-state index contributed by atoms with van der Waals surface area (Å²) in [5.74, 6) is 1.56. The third-order valence-corrected chi connectivity index (χ3v) is 6.29. The molecule has 0 N–H and O–H groups in total. The number of rotatable bonds is 7. The van der Waals surface area contributed by atoms with Gasteiger partial charge in [-0.25, -0.2) is 0 Å². The molecule has 9 heteroatoms. The minimum Gasteiger partial charge on any atom is -0.495 e. The fourth-order valence-electron chi connectivity index (χ4n) is 2.85. The van der Waals surface area contributed by atoms with Gasteiger partial charge in [0.25, 0.3) is 5.91 Å². The molecule has 2 aromatic rings. The average molecular weight is 529 g/mol. The van der Waals surface area contributed by atoms with Gasteiger partial charge >= 0.3 is 0 Å². The number of nitrogens with zero attached hydrogens (tertiary/aromatic N) is 1. The Labute approximate surface area is 198 Å². The number of carbonyl (C=O) groups is 1. The van der Waals surface area contributed by atoms with Gasteiger partial charge in [0.2, 0.25) is 0 Å². The van der Waals surface area contributed by atoms with Crippen molar-refractivity contribution in [3.05, 3.63) is 50.3 Å². The summed E-state index contributed by atoms with van der Waals surface area (Å²) in [6.07, 6.45) is 1.79. The summed E-state index contributed by atoms with van der Waals surface area (Å²) < 4.78 is 17.7. The number of ether oxygens (including phenoxy) is 3. The van der Waals surface area contributed by atoms with Gasteiger partial charge in [0.15, 0.2) is 15.8 Å². The summed E-state index contributed by atoms with van der Waals surface area (Å²) in [5, 5.41) is 0.407. The molecule has 30 heavy (non-hydrogen) atoms. The molecule has 1 heterocycles. The van der Waals surface area contributed by atoms with Crippen LogP contribution in [0.25, 0.3) is 6.08 Å². The second-order valence-electron chi connectivity index (χ2n) is 6.03. The highest BCUT2D eigenvalue weighted by molar-refractivity contribution is 9.10. The van der Waals surface area contributed by atoms with E-state index in [1.807, 2.05) is 26.0 Å². The minimum atomic E-state index is -0.214. The molecule has 0 unspecified atom stereocenters. The lowest BCUT2D eigenvalue weighted by atomic mass is 10.1. The lowest BCUT2D eigenvalue weighted by Crippen LogP contribution is -2.27. The SMILES string of the molecule is CCOc1cc(/C=C2/SC(=S)N(c3ccc(OC)c(Cl)c3)C2=O)cc(Br)c1OCC. The number of amides is 1. The Hall–Kier alpha value is -1.74. The second-order valence-corrected chi connectivity index (χ2v) is 8.97. The van der Waals surface area contributed by atoms with Crippen molar-refractivity contribution in [3.8, 4) is 17.2 Å². The maximum atomic E-state index is 13.1. The van der Waals surface area contributed by atoms with Gasteiger partial charge in [-0.2, -0.15) is 0 Å². The molecule has 1 saturated heterocycles. The lowest BCUT2D eigenvalue weighted by Gasteiger charge is -2.16. The van der Waals surface area contributed by atoms with Gasteiger partial charge in [-0.3, -0.25) is 9.69 Å². The Bertz CT molecular complexity index is 1030. The quantitative estimate of drug-likeness (QED) is 0.310. The maximum Gasteiger partial charge on any atom is 0.270 e. The van der Waals surface area contributed by atoms with Gasteiger partial charge in [0.1, 0.15) is 5.75 Å². The predicted molar refractivity (Wildman–Crippen MR) is 130 cm³/mol. The predicted octanol–water partition coefficient (Wildman–Crippen LogP) is 6.31. The largest absolute Gasteiger partial charge is 0.495 e. The van der Waals surface area contributed by atoms with Crippen LogP contribution in [0.4, 0.5) is 5.69 Å². The van der Waals surface area contributed by atoms with Crippen molar-refractivity contribution in [2.75, 3.05) is 25.2 Å². The normalized spacial score (nSPS) is 15.1. The van der Waals surface area contributed by atoms with Crippen molar-refractivity contribution in [2.45, 2.75) is 13.8 Å². The number of benzene rings is 2. The highest BCUT2D eigenvalue weighted by Gasteiger charge is 2.33. The van der Waals surface area contributed by atoms with Gasteiger partial charge in [-0.05, 0) is 71.7 Å². The zero-order chi connectivity index (χ0) is 21.8. The number of hydrogen-bond donors (Lipinski definition) is 0. The third-order valence-electron chi connectivity index (χ3n) is 4.11. The van der Waals surface area contributed by atoms with Crippen LogP contribution in [0.5, 0.6) is 17.2 Å². The van der Waals surface area contributed by atoms with Gasteiger partial charge in [0.05, 0.1) is 40.4 Å². The molecular weight excluding hydrogens is 510 g/mol. The molecular formula is C21H19BrClNO4S2. The monoisotopic (exact) mass is 527 g/mol. The number of carbonyl (C=O) groups excluding carboxylic acids is 1. The number of thioether (sulfide) groups is 1. The highest BCUT2D eigenvalue weighted by Crippen LogP contribution is 2.41. The summed E-state index contributed by atoms with van der Waals surface area (Å²) in [6, 6.07) is 8.84. The van der Waals surface area contributed by atoms with Crippen LogP contribution in [0, 0.1) is 0 Å². The lowest BCUT2D eigenvalue weighted by molar-refractivity contribution is -0.113. The maximum absolute atomic E-state index is 13.1. The van der Waals surface area contributed by atoms with Crippen LogP contribution in [0.3, 0.4) is 0 Å². The number of methoxy groups -OCH3 is 1. The van der Waals surface area contributed by atoms with E-state index in [0.717, 1.165) is 10.0 Å². The molecule has 0 radical (unpaired) electrons. The van der Waals surface area contributed by atoms with Crippen molar-refractivity contribution < 1.29 is 19.0 Å². The Kier molecular flexibility index (Phi) is 7.68. The van der Waals surface area contributed by atoms with E-state index in [-0.39, 0.29) is 5.91 Å². The van der Waals surface area contributed by atoms with Crippen LogP contribution in [-0.4, -0.2) is 30.6 Å². The fraction of sp³-hybridized carbons (Fsp3) is 0.238. The average Bonchev–Trinajstić information content (AvgIpc) is 2.98. The van der Waals surface area contributed by atoms with E-state index < -0.39 is 0 Å². The van der Waals surface area contributed by atoms with E-state index in [9.17, 15) is 4.79 Å². The Balaban J connectivity index is 1.94. The number of anilines is 1. The molecule has 0 bridgehead atoms. The second kappa shape index (κ2) is 10.0. The Morgan fingerprint density at radius 2 is 1.90 bits per heavy atom. The summed E-state index contributed by atoms with van der Waals surface area (Å²) in [6.45, 7) is 4.83. The summed E-state index contributed by atoms with van der Waals surface area (Å²) in [5.41, 5.74) is 1.39. The molecule has 0 spiro atoms. The zero-order valence-corrected chi connectivity index (χ0v) is 20.5. The molecule has 1 amide bonds. The molecule has 2 aromatic carbocycles. The third kappa shape index (κ3) is 4.77. The standard InChI is InChI=1S/C21H19BrClNO4S2/c1-4-27-17-9-12(8-14(22)19(17)28-5-2)10-18-20(25)24(21(29)30-18)13-6-7-16(26-3)15(23)11-13/h6-11H,4-5H2,1-3H3/b18-10+. The molecule has 1 aliphatic rings. The van der Waals surface area contributed by atoms with Crippen molar-refractivity contribution >= 4 is 73.5 Å². The first-order chi connectivity index (χ1) is 14.4. The molecule has 5 nitrogen and oxygen atoms in total. The Morgan fingerprint density at radius 1 is 1.17 bits per heavy atom. The van der Waals surface area contributed by atoms with Gasteiger partial charge in [0, 0.05) is 0 Å². The molecule has 0 saturated carbocycles. The smallest absolute Gasteiger partial charge is 0.270 e. The van der Waals surface area contributed by atoms with E-state index >= 15 is 0 Å². The van der Waals surface area contributed by atoms with E-state index in [0.29, 0.717) is 50.4 Å². The highest BCUT2D eigenvalue weighted by atomic mass is 79.9. The van der Waals surface area contributed by atoms with E-state index in [2.05, 4.69) is 15.9 Å². The summed E-state index contributed by atoms with van der Waals surface area (Å²) >= 11 is 16.4. The molecule has 3 rings (SSSR count). The van der Waals surface area contributed by atoms with Crippen LogP contribution in [0.1, 0.15) is 19.4 Å². The molecule has 158 valence electrons. The van der Waals surface area contributed by atoms with Crippen LogP contribution in [-0.2, 0) is 4.79 Å². The van der Waals surface area contributed by atoms with Crippen molar-refractivity contribution in [1.29, 1.82) is 0 Å². The summed E-state index contributed by atoms with van der Waals surface area (Å²) in [4.78, 5) is 15.0. The molecule has 1 aliphatic heterocycles. The van der Waals surface area contributed by atoms with E-state index in [1.165, 1.54) is 23.8 Å². The van der Waals surface area contributed by atoms with Crippen LogP contribution in [0.2, 0.25) is 5.02 Å². The van der Waals surface area contributed by atoms with Crippen molar-refractivity contribution in [1.82, 2.24) is 0 Å².